The molecule has 0 aromatic carbocycles. The quantitative estimate of drug-likeness (QED) is 0.603. The fraction of sp³-hybridized carbons (Fsp3) is 0.857. The maximum Gasteiger partial charge on any atom is 0.239 e. The molecule has 0 bridgehead atoms. The average Bonchev–Trinajstić information content (AvgIpc) is 2.88. The van der Waals surface area contributed by atoms with E-state index >= 15 is 0 Å². The molecule has 26 heavy (non-hydrogen) atoms. The highest BCUT2D eigenvalue weighted by atomic mass is 32.2. The summed E-state index contributed by atoms with van der Waals surface area (Å²) in [5.74, 6) is 0.263. The predicted molar refractivity (Wildman–Crippen MR) is 107 cm³/mol. The van der Waals surface area contributed by atoms with Gasteiger partial charge in [0.25, 0.3) is 0 Å². The molecule has 2 rings (SSSR count). The van der Waals surface area contributed by atoms with E-state index in [1.165, 1.54) is 4.31 Å². The van der Waals surface area contributed by atoms with E-state index in [0.29, 0.717) is 5.92 Å². The number of carbonyl (C=O) groups is 1. The molecule has 1 aliphatic carbocycles. The Morgan fingerprint density at radius 2 is 1.92 bits per heavy atom. The van der Waals surface area contributed by atoms with Crippen LogP contribution in [0.3, 0.4) is 0 Å². The van der Waals surface area contributed by atoms with E-state index in [2.05, 4.69) is 41.2 Å². The molecule has 150 valence electrons. The van der Waals surface area contributed by atoms with Crippen molar-refractivity contribution in [2.45, 2.75) is 79.7 Å². The molecule has 1 saturated carbocycles. The first-order chi connectivity index (χ1) is 12.0. The summed E-state index contributed by atoms with van der Waals surface area (Å²) in [5.41, 5.74) is -0.463. The first kappa shape index (κ1) is 21.5. The molecule has 5 heteroatoms. The van der Waals surface area contributed by atoms with Gasteiger partial charge in [-0.15, -0.1) is 6.58 Å². The molecule has 0 aromatic rings. The van der Waals surface area contributed by atoms with E-state index in [9.17, 15) is 13.2 Å². The second-order valence-electron chi connectivity index (χ2n) is 9.21. The third kappa shape index (κ3) is 3.14. The normalized spacial score (nSPS) is 34.3. The Kier molecular flexibility index (Phi) is 6.02. The lowest BCUT2D eigenvalue weighted by Gasteiger charge is -2.40. The summed E-state index contributed by atoms with van der Waals surface area (Å²) in [6.07, 6.45) is 6.30. The maximum atomic E-state index is 13.3. The van der Waals surface area contributed by atoms with E-state index in [4.69, 9.17) is 0 Å². The van der Waals surface area contributed by atoms with Gasteiger partial charge in [-0.05, 0) is 36.5 Å². The fourth-order valence-electron chi connectivity index (χ4n) is 5.51. The van der Waals surface area contributed by atoms with Crippen LogP contribution in [0.25, 0.3) is 0 Å². The number of fused-ring (bicyclic) bond motifs is 1. The lowest BCUT2D eigenvalue weighted by atomic mass is 9.65. The minimum absolute atomic E-state index is 0.0925. The standard InChI is InChI=1S/C21H37NO3S/c1-8-11-12-16(9-2)15(4)19(23)22-18-13-17(10-3)20(5,6)21(18,7)14-26(22,24)25/h8,15-18H,1,9-14H2,2-7H3/t15-,16-,17?,18+,21+/m1/s1. The number of rotatable bonds is 7. The molecule has 1 aliphatic heterocycles. The number of amides is 1. The third-order valence-electron chi connectivity index (χ3n) is 7.87. The van der Waals surface area contributed by atoms with Gasteiger partial charge in [0.1, 0.15) is 0 Å². The SMILES string of the molecule is C=CCC[C@@H](CC)[C@@H](C)C(=O)N1[C@H]2CC(CC)C(C)(C)[C@@]2(C)CS1(=O)=O. The van der Waals surface area contributed by atoms with Gasteiger partial charge in [-0.25, -0.2) is 12.7 Å². The molecule has 0 radical (unpaired) electrons. The average molecular weight is 384 g/mol. The Hall–Kier alpha value is -0.840. The lowest BCUT2D eigenvalue weighted by Crippen LogP contribution is -2.46. The van der Waals surface area contributed by atoms with Gasteiger partial charge in [0.15, 0.2) is 0 Å². The highest BCUT2D eigenvalue weighted by Gasteiger charge is 2.67. The highest BCUT2D eigenvalue weighted by Crippen LogP contribution is 2.62. The van der Waals surface area contributed by atoms with E-state index in [1.807, 2.05) is 13.0 Å². The summed E-state index contributed by atoms with van der Waals surface area (Å²) in [5, 5.41) is 0. The summed E-state index contributed by atoms with van der Waals surface area (Å²) in [6, 6.07) is -0.195. The smallest absolute Gasteiger partial charge is 0.239 e. The first-order valence-corrected chi connectivity index (χ1v) is 11.8. The maximum absolute atomic E-state index is 13.3. The van der Waals surface area contributed by atoms with Crippen LogP contribution in [-0.2, 0) is 14.8 Å². The molecular formula is C21H37NO3S. The van der Waals surface area contributed by atoms with Crippen molar-refractivity contribution in [2.75, 3.05) is 5.75 Å². The van der Waals surface area contributed by atoms with Crippen LogP contribution in [0.15, 0.2) is 12.7 Å². The molecule has 1 saturated heterocycles. The Bertz CT molecular complexity index is 654. The highest BCUT2D eigenvalue weighted by molar-refractivity contribution is 7.90. The van der Waals surface area contributed by atoms with Crippen molar-refractivity contribution in [1.29, 1.82) is 0 Å². The molecule has 1 unspecified atom stereocenters. The van der Waals surface area contributed by atoms with Crippen molar-refractivity contribution in [2.24, 2.45) is 28.6 Å². The van der Waals surface area contributed by atoms with Gasteiger partial charge in [0.2, 0.25) is 15.9 Å². The Morgan fingerprint density at radius 1 is 1.31 bits per heavy atom. The molecule has 0 spiro atoms. The molecule has 2 aliphatic rings. The van der Waals surface area contributed by atoms with Crippen LogP contribution >= 0.6 is 0 Å². The molecule has 4 nitrogen and oxygen atoms in total. The van der Waals surface area contributed by atoms with Crippen molar-refractivity contribution in [3.63, 3.8) is 0 Å². The molecule has 0 N–H and O–H groups in total. The van der Waals surface area contributed by atoms with Gasteiger partial charge in [0, 0.05) is 11.3 Å². The Morgan fingerprint density at radius 3 is 2.42 bits per heavy atom. The largest absolute Gasteiger partial charge is 0.273 e. The van der Waals surface area contributed by atoms with E-state index in [1.54, 1.807) is 0 Å². The van der Waals surface area contributed by atoms with Crippen LogP contribution in [0.2, 0.25) is 0 Å². The summed E-state index contributed by atoms with van der Waals surface area (Å²) in [6.45, 7) is 16.4. The van der Waals surface area contributed by atoms with Gasteiger partial charge in [-0.1, -0.05) is 60.5 Å². The van der Waals surface area contributed by atoms with Crippen molar-refractivity contribution < 1.29 is 13.2 Å². The van der Waals surface area contributed by atoms with Crippen LogP contribution in [-0.4, -0.2) is 30.4 Å². The van der Waals surface area contributed by atoms with Crippen LogP contribution in [0.5, 0.6) is 0 Å². The second-order valence-corrected chi connectivity index (χ2v) is 11.1. The van der Waals surface area contributed by atoms with Crippen LogP contribution < -0.4 is 0 Å². The zero-order valence-corrected chi connectivity index (χ0v) is 18.2. The minimum atomic E-state index is -3.55. The van der Waals surface area contributed by atoms with Crippen molar-refractivity contribution in [1.82, 2.24) is 4.31 Å². The summed E-state index contributed by atoms with van der Waals surface area (Å²) >= 11 is 0. The van der Waals surface area contributed by atoms with Crippen LogP contribution in [0.1, 0.15) is 73.6 Å². The molecule has 1 heterocycles. The second kappa shape index (κ2) is 7.29. The number of hydrogen-bond acceptors (Lipinski definition) is 3. The molecule has 2 fully saturated rings. The van der Waals surface area contributed by atoms with Crippen molar-refractivity contribution >= 4 is 15.9 Å². The van der Waals surface area contributed by atoms with Crippen LogP contribution in [0.4, 0.5) is 0 Å². The zero-order valence-electron chi connectivity index (χ0n) is 17.4. The van der Waals surface area contributed by atoms with E-state index in [0.717, 1.165) is 32.1 Å². The van der Waals surface area contributed by atoms with Gasteiger partial charge >= 0.3 is 0 Å². The number of sulfonamides is 1. The first-order valence-electron chi connectivity index (χ1n) is 10.1. The Labute approximate surface area is 160 Å². The third-order valence-corrected chi connectivity index (χ3v) is 9.87. The van der Waals surface area contributed by atoms with Gasteiger partial charge in [-0.2, -0.15) is 0 Å². The molecule has 0 aromatic heterocycles. The molecule has 5 atom stereocenters. The van der Waals surface area contributed by atoms with Crippen LogP contribution in [0, 0.1) is 28.6 Å². The summed E-state index contributed by atoms with van der Waals surface area (Å²) in [7, 11) is -3.55. The van der Waals surface area contributed by atoms with Gasteiger partial charge in [0.05, 0.1) is 11.8 Å². The summed E-state index contributed by atoms with van der Waals surface area (Å²) < 4.78 is 27.4. The Balaban J connectivity index is 2.36. The van der Waals surface area contributed by atoms with E-state index < -0.39 is 10.0 Å². The predicted octanol–water partition coefficient (Wildman–Crippen LogP) is 4.62. The van der Waals surface area contributed by atoms with Crippen molar-refractivity contribution in [3.8, 4) is 0 Å². The fourth-order valence-corrected chi connectivity index (χ4v) is 8.12. The number of nitrogens with zero attached hydrogens (tertiary/aromatic N) is 1. The number of carbonyl (C=O) groups excluding carboxylic acids is 1. The van der Waals surface area contributed by atoms with Crippen molar-refractivity contribution in [3.05, 3.63) is 12.7 Å². The minimum Gasteiger partial charge on any atom is -0.273 e. The summed E-state index contributed by atoms with van der Waals surface area (Å²) in [4.78, 5) is 13.3. The zero-order chi connectivity index (χ0) is 19.9. The molecular weight excluding hydrogens is 346 g/mol. The lowest BCUT2D eigenvalue weighted by molar-refractivity contribution is -0.134. The molecule has 1 amide bonds. The monoisotopic (exact) mass is 383 g/mol. The number of hydrogen-bond donors (Lipinski definition) is 0. The van der Waals surface area contributed by atoms with Gasteiger partial charge in [-0.3, -0.25) is 4.79 Å². The topological polar surface area (TPSA) is 54.5 Å². The van der Waals surface area contributed by atoms with Gasteiger partial charge < -0.3 is 0 Å². The number of allylic oxidation sites excluding steroid dienone is 1. The van der Waals surface area contributed by atoms with E-state index in [-0.39, 0.29) is 40.4 Å².